The Morgan fingerprint density at radius 2 is 1.87 bits per heavy atom. The molecule has 1 aromatic rings. The maximum atomic E-state index is 11.6. The Morgan fingerprint density at radius 3 is 2.40 bits per heavy atom. The Hall–Kier alpha value is -1.56. The van der Waals surface area contributed by atoms with E-state index in [4.69, 9.17) is 0 Å². The van der Waals surface area contributed by atoms with E-state index in [9.17, 15) is 18.0 Å². The van der Waals surface area contributed by atoms with E-state index in [0.717, 1.165) is 0 Å². The number of carbonyl (C=O) groups is 1. The molecule has 15 heavy (non-hydrogen) atoms. The first kappa shape index (κ1) is 11.5. The minimum Gasteiger partial charge on any atom is -0.324 e. The van der Waals surface area contributed by atoms with Crippen molar-refractivity contribution in [2.24, 2.45) is 0 Å². The van der Waals surface area contributed by atoms with Crippen LogP contribution in [-0.2, 0) is 9.53 Å². The minimum absolute atomic E-state index is 0.424. The van der Waals surface area contributed by atoms with Gasteiger partial charge in [-0.3, -0.25) is 9.53 Å². The second kappa shape index (κ2) is 4.79. The van der Waals surface area contributed by atoms with Gasteiger partial charge in [-0.2, -0.15) is 0 Å². The van der Waals surface area contributed by atoms with Crippen molar-refractivity contribution in [1.29, 1.82) is 0 Å². The average Bonchev–Trinajstić information content (AvgIpc) is 2.15. The molecule has 1 amide bonds. The van der Waals surface area contributed by atoms with Crippen LogP contribution in [0.4, 0.5) is 18.9 Å². The van der Waals surface area contributed by atoms with Crippen molar-refractivity contribution in [1.82, 2.24) is 0 Å². The van der Waals surface area contributed by atoms with Crippen LogP contribution in [0.5, 0.6) is 0 Å². The fourth-order valence-electron chi connectivity index (χ4n) is 0.866. The van der Waals surface area contributed by atoms with Gasteiger partial charge in [0.15, 0.2) is 0 Å². The standard InChI is InChI=1S/C9H8F3NO2/c10-9(11,12)15-6-8(14)13-7-4-2-1-3-5-7/h1-5H,6H2,(H,13,14). The van der Waals surface area contributed by atoms with Gasteiger partial charge >= 0.3 is 6.36 Å². The number of hydrogen-bond acceptors (Lipinski definition) is 2. The van der Waals surface area contributed by atoms with Crippen LogP contribution < -0.4 is 5.32 Å². The highest BCUT2D eigenvalue weighted by Crippen LogP contribution is 2.15. The summed E-state index contributed by atoms with van der Waals surface area (Å²) >= 11 is 0. The largest absolute Gasteiger partial charge is 0.523 e. The molecule has 0 aliphatic heterocycles. The van der Waals surface area contributed by atoms with Gasteiger partial charge in [0.2, 0.25) is 0 Å². The molecule has 82 valence electrons. The molecule has 1 aromatic carbocycles. The van der Waals surface area contributed by atoms with Gasteiger partial charge in [-0.15, -0.1) is 13.2 Å². The van der Waals surface area contributed by atoms with Crippen LogP contribution in [0, 0.1) is 0 Å². The van der Waals surface area contributed by atoms with Gasteiger partial charge in [-0.25, -0.2) is 0 Å². The summed E-state index contributed by atoms with van der Waals surface area (Å²) < 4.78 is 38.0. The predicted octanol–water partition coefficient (Wildman–Crippen LogP) is 2.16. The maximum absolute atomic E-state index is 11.6. The van der Waals surface area contributed by atoms with Crippen molar-refractivity contribution in [3.8, 4) is 0 Å². The zero-order valence-corrected chi connectivity index (χ0v) is 7.54. The first-order chi connectivity index (χ1) is 6.97. The molecule has 0 saturated carbocycles. The normalized spacial score (nSPS) is 11.1. The fourth-order valence-corrected chi connectivity index (χ4v) is 0.866. The molecule has 0 radical (unpaired) electrons. The Labute approximate surface area is 83.8 Å². The minimum atomic E-state index is -4.78. The van der Waals surface area contributed by atoms with Crippen molar-refractivity contribution in [2.45, 2.75) is 6.36 Å². The lowest BCUT2D eigenvalue weighted by Crippen LogP contribution is -2.24. The second-order valence-corrected chi connectivity index (χ2v) is 2.65. The smallest absolute Gasteiger partial charge is 0.324 e. The van der Waals surface area contributed by atoms with Gasteiger partial charge in [0.1, 0.15) is 6.61 Å². The van der Waals surface area contributed by atoms with Crippen LogP contribution in [0.3, 0.4) is 0 Å². The number of hydrogen-bond donors (Lipinski definition) is 1. The van der Waals surface area contributed by atoms with Crippen molar-refractivity contribution >= 4 is 11.6 Å². The number of carbonyl (C=O) groups excluding carboxylic acids is 1. The SMILES string of the molecule is O=C(COC(F)(F)F)Nc1ccccc1. The summed E-state index contributed by atoms with van der Waals surface area (Å²) in [5, 5.41) is 2.25. The lowest BCUT2D eigenvalue weighted by atomic mass is 10.3. The Balaban J connectivity index is 2.38. The van der Waals surface area contributed by atoms with E-state index in [-0.39, 0.29) is 0 Å². The van der Waals surface area contributed by atoms with E-state index >= 15 is 0 Å². The summed E-state index contributed by atoms with van der Waals surface area (Å²) in [4.78, 5) is 10.9. The third kappa shape index (κ3) is 5.02. The third-order valence-corrected chi connectivity index (χ3v) is 1.42. The van der Waals surface area contributed by atoms with Gasteiger partial charge in [-0.1, -0.05) is 18.2 Å². The van der Waals surface area contributed by atoms with E-state index in [2.05, 4.69) is 10.1 Å². The third-order valence-electron chi connectivity index (χ3n) is 1.42. The van der Waals surface area contributed by atoms with Crippen LogP contribution >= 0.6 is 0 Å². The fraction of sp³-hybridized carbons (Fsp3) is 0.222. The molecule has 0 bridgehead atoms. The molecule has 0 aromatic heterocycles. The quantitative estimate of drug-likeness (QED) is 0.845. The zero-order chi connectivity index (χ0) is 11.3. The maximum Gasteiger partial charge on any atom is 0.523 e. The van der Waals surface area contributed by atoms with Crippen LogP contribution in [0.25, 0.3) is 0 Å². The number of halogens is 3. The summed E-state index contributed by atoms with van der Waals surface area (Å²) in [5.41, 5.74) is 0.424. The van der Waals surface area contributed by atoms with E-state index < -0.39 is 18.9 Å². The molecule has 0 aliphatic rings. The number of para-hydroxylation sites is 1. The van der Waals surface area contributed by atoms with Gasteiger partial charge in [0, 0.05) is 5.69 Å². The summed E-state index contributed by atoms with van der Waals surface area (Å²) in [6.07, 6.45) is -4.78. The van der Waals surface area contributed by atoms with E-state index in [1.54, 1.807) is 30.3 Å². The van der Waals surface area contributed by atoms with Crippen LogP contribution in [0.15, 0.2) is 30.3 Å². The molecule has 0 spiro atoms. The van der Waals surface area contributed by atoms with Crippen LogP contribution in [0.2, 0.25) is 0 Å². The lowest BCUT2D eigenvalue weighted by Gasteiger charge is -2.07. The molecule has 0 atom stereocenters. The Bertz CT molecular complexity index is 324. The Morgan fingerprint density at radius 1 is 1.27 bits per heavy atom. The first-order valence-corrected chi connectivity index (χ1v) is 4.03. The first-order valence-electron chi connectivity index (χ1n) is 4.03. The molecule has 0 aliphatic carbocycles. The van der Waals surface area contributed by atoms with Gasteiger partial charge in [0.05, 0.1) is 0 Å². The van der Waals surface area contributed by atoms with Gasteiger partial charge < -0.3 is 5.32 Å². The number of nitrogens with one attached hydrogen (secondary N) is 1. The van der Waals surface area contributed by atoms with E-state index in [1.165, 1.54) is 0 Å². The van der Waals surface area contributed by atoms with Crippen LogP contribution in [0.1, 0.15) is 0 Å². The summed E-state index contributed by atoms with van der Waals surface area (Å²) in [6, 6.07) is 8.15. The van der Waals surface area contributed by atoms with E-state index in [0.29, 0.717) is 5.69 Å². The van der Waals surface area contributed by atoms with Crippen LogP contribution in [-0.4, -0.2) is 18.9 Å². The Kier molecular flexibility index (Phi) is 3.68. The molecule has 0 heterocycles. The van der Waals surface area contributed by atoms with E-state index in [1.807, 2.05) is 0 Å². The van der Waals surface area contributed by atoms with Crippen molar-refractivity contribution in [3.63, 3.8) is 0 Å². The summed E-state index contributed by atoms with van der Waals surface area (Å²) in [6.45, 7) is -1.04. The monoisotopic (exact) mass is 219 g/mol. The van der Waals surface area contributed by atoms with Crippen molar-refractivity contribution < 1.29 is 22.7 Å². The number of benzene rings is 1. The molecule has 6 heteroatoms. The second-order valence-electron chi connectivity index (χ2n) is 2.65. The molecule has 0 saturated heterocycles. The van der Waals surface area contributed by atoms with Crippen molar-refractivity contribution in [2.75, 3.05) is 11.9 Å². The topological polar surface area (TPSA) is 38.3 Å². The molecule has 1 N–H and O–H groups in total. The summed E-state index contributed by atoms with van der Waals surface area (Å²) in [5.74, 6) is -0.849. The zero-order valence-electron chi connectivity index (χ0n) is 7.54. The highest BCUT2D eigenvalue weighted by molar-refractivity contribution is 5.91. The van der Waals surface area contributed by atoms with Gasteiger partial charge in [-0.05, 0) is 12.1 Å². The average molecular weight is 219 g/mol. The molecular formula is C9H8F3NO2. The number of anilines is 1. The van der Waals surface area contributed by atoms with Gasteiger partial charge in [0.25, 0.3) is 5.91 Å². The highest BCUT2D eigenvalue weighted by Gasteiger charge is 2.30. The predicted molar refractivity (Wildman–Crippen MR) is 47.1 cm³/mol. The molecule has 0 unspecified atom stereocenters. The molecule has 1 rings (SSSR count). The molecular weight excluding hydrogens is 211 g/mol. The number of amides is 1. The number of alkyl halides is 3. The summed E-state index contributed by atoms with van der Waals surface area (Å²) in [7, 11) is 0. The van der Waals surface area contributed by atoms with Crippen molar-refractivity contribution in [3.05, 3.63) is 30.3 Å². The molecule has 3 nitrogen and oxygen atoms in total. The number of ether oxygens (including phenoxy) is 1. The molecule has 0 fully saturated rings. The lowest BCUT2D eigenvalue weighted by molar-refractivity contribution is -0.320. The number of rotatable bonds is 3. The highest BCUT2D eigenvalue weighted by atomic mass is 19.4.